The van der Waals surface area contributed by atoms with Crippen LogP contribution in [0.1, 0.15) is 26.3 Å². The first-order chi connectivity index (χ1) is 18.1. The molecule has 0 unspecified atom stereocenters. The Morgan fingerprint density at radius 1 is 0.919 bits per heavy atom. The third-order valence-electron chi connectivity index (χ3n) is 5.92. The summed E-state index contributed by atoms with van der Waals surface area (Å²) in [5, 5.41) is 5.62. The van der Waals surface area contributed by atoms with E-state index in [1.165, 1.54) is 11.3 Å². The highest BCUT2D eigenvalue weighted by Gasteiger charge is 2.16. The van der Waals surface area contributed by atoms with Crippen molar-refractivity contribution in [2.24, 2.45) is 0 Å². The van der Waals surface area contributed by atoms with Gasteiger partial charge in [-0.2, -0.15) is 0 Å². The van der Waals surface area contributed by atoms with Crippen LogP contribution in [0, 0.1) is 0 Å². The van der Waals surface area contributed by atoms with E-state index in [0.29, 0.717) is 22.5 Å². The molecular weight excluding hydrogens is 484 g/mol. The summed E-state index contributed by atoms with van der Waals surface area (Å²) in [6, 6.07) is 25.6. The summed E-state index contributed by atoms with van der Waals surface area (Å²) in [7, 11) is 0. The standard InChI is InChI=1S/C29H20N4O3S/c34-27(23-9-5-4-8-22(23)25-17-33-14-15-37-29(33)31-25)32-26-13-11-20-16-21(10-12-24(20)30-26)28(35)36-18-19-6-2-1-3-7-19/h1-17H,18H2,(H,30,32,34). The molecule has 0 radical (unpaired) electrons. The predicted octanol–water partition coefficient (Wildman–Crippen LogP) is 6.22. The van der Waals surface area contributed by atoms with Gasteiger partial charge in [0.2, 0.25) is 0 Å². The number of anilines is 1. The highest BCUT2D eigenvalue weighted by Crippen LogP contribution is 2.26. The van der Waals surface area contributed by atoms with E-state index in [4.69, 9.17) is 4.74 Å². The van der Waals surface area contributed by atoms with Crippen molar-refractivity contribution >= 4 is 44.9 Å². The van der Waals surface area contributed by atoms with Crippen molar-refractivity contribution in [2.75, 3.05) is 5.32 Å². The molecule has 1 amide bonds. The molecule has 0 saturated carbocycles. The molecular formula is C29H20N4O3S. The van der Waals surface area contributed by atoms with Crippen molar-refractivity contribution in [3.63, 3.8) is 0 Å². The van der Waals surface area contributed by atoms with Gasteiger partial charge in [-0.3, -0.25) is 9.20 Å². The van der Waals surface area contributed by atoms with Gasteiger partial charge in [-0.05, 0) is 42.0 Å². The Labute approximate surface area is 216 Å². The highest BCUT2D eigenvalue weighted by atomic mass is 32.1. The quantitative estimate of drug-likeness (QED) is 0.272. The Morgan fingerprint density at radius 3 is 2.62 bits per heavy atom. The number of esters is 1. The second-order valence-corrected chi connectivity index (χ2v) is 9.26. The number of carbonyl (C=O) groups is 2. The smallest absolute Gasteiger partial charge is 0.338 e. The van der Waals surface area contributed by atoms with Gasteiger partial charge in [0.25, 0.3) is 5.91 Å². The number of nitrogens with zero attached hydrogens (tertiary/aromatic N) is 3. The number of hydrogen-bond donors (Lipinski definition) is 1. The molecule has 6 rings (SSSR count). The second-order valence-electron chi connectivity index (χ2n) is 8.38. The van der Waals surface area contributed by atoms with Crippen LogP contribution in [0.15, 0.2) is 103 Å². The fourth-order valence-corrected chi connectivity index (χ4v) is 4.77. The lowest BCUT2D eigenvalue weighted by atomic mass is 10.0. The molecule has 180 valence electrons. The maximum Gasteiger partial charge on any atom is 0.338 e. The molecule has 0 aliphatic heterocycles. The lowest BCUT2D eigenvalue weighted by Gasteiger charge is -2.10. The minimum absolute atomic E-state index is 0.208. The fourth-order valence-electron chi connectivity index (χ4n) is 4.07. The van der Waals surface area contributed by atoms with Crippen molar-refractivity contribution in [1.82, 2.24) is 14.4 Å². The monoisotopic (exact) mass is 504 g/mol. The molecule has 37 heavy (non-hydrogen) atoms. The number of nitrogens with one attached hydrogen (secondary N) is 1. The van der Waals surface area contributed by atoms with Gasteiger partial charge in [-0.1, -0.05) is 48.5 Å². The number of pyridine rings is 1. The Balaban J connectivity index is 1.19. The van der Waals surface area contributed by atoms with E-state index in [0.717, 1.165) is 27.2 Å². The summed E-state index contributed by atoms with van der Waals surface area (Å²) in [4.78, 5) is 35.8. The van der Waals surface area contributed by atoms with Crippen LogP contribution in [0.25, 0.3) is 27.1 Å². The van der Waals surface area contributed by atoms with Gasteiger partial charge in [-0.15, -0.1) is 11.3 Å². The molecule has 8 heteroatoms. The molecule has 3 aromatic heterocycles. The molecule has 0 fully saturated rings. The van der Waals surface area contributed by atoms with E-state index in [-0.39, 0.29) is 12.5 Å². The van der Waals surface area contributed by atoms with E-state index >= 15 is 0 Å². The molecule has 1 N–H and O–H groups in total. The SMILES string of the molecule is O=C(OCc1ccccc1)c1ccc2nc(NC(=O)c3ccccc3-c3cn4ccsc4n3)ccc2c1. The summed E-state index contributed by atoms with van der Waals surface area (Å²) in [5.74, 6) is -0.267. The predicted molar refractivity (Wildman–Crippen MR) is 144 cm³/mol. The molecule has 3 aromatic carbocycles. The van der Waals surface area contributed by atoms with E-state index in [9.17, 15) is 9.59 Å². The molecule has 0 saturated heterocycles. The first-order valence-electron chi connectivity index (χ1n) is 11.6. The number of amides is 1. The molecule has 0 aliphatic rings. The van der Waals surface area contributed by atoms with Crippen molar-refractivity contribution in [2.45, 2.75) is 6.61 Å². The van der Waals surface area contributed by atoms with Crippen LogP contribution >= 0.6 is 11.3 Å². The number of benzene rings is 3. The highest BCUT2D eigenvalue weighted by molar-refractivity contribution is 7.15. The van der Waals surface area contributed by atoms with E-state index in [1.807, 2.05) is 76.8 Å². The summed E-state index contributed by atoms with van der Waals surface area (Å²) >= 11 is 1.54. The first-order valence-corrected chi connectivity index (χ1v) is 12.5. The maximum atomic E-state index is 13.2. The van der Waals surface area contributed by atoms with E-state index < -0.39 is 5.97 Å². The van der Waals surface area contributed by atoms with Crippen LogP contribution < -0.4 is 5.32 Å². The van der Waals surface area contributed by atoms with Crippen LogP contribution in [0.5, 0.6) is 0 Å². The maximum absolute atomic E-state index is 13.2. The average molecular weight is 505 g/mol. The number of rotatable bonds is 6. The molecule has 7 nitrogen and oxygen atoms in total. The van der Waals surface area contributed by atoms with Crippen LogP contribution in [-0.4, -0.2) is 26.2 Å². The van der Waals surface area contributed by atoms with Crippen molar-refractivity contribution in [1.29, 1.82) is 0 Å². The Kier molecular flexibility index (Phi) is 5.92. The minimum Gasteiger partial charge on any atom is -0.457 e. The van der Waals surface area contributed by atoms with Gasteiger partial charge >= 0.3 is 5.97 Å². The molecule has 0 spiro atoms. The van der Waals surface area contributed by atoms with Gasteiger partial charge in [0.1, 0.15) is 12.4 Å². The van der Waals surface area contributed by atoms with Crippen LogP contribution in [-0.2, 0) is 11.3 Å². The third-order valence-corrected chi connectivity index (χ3v) is 6.69. The molecule has 0 bridgehead atoms. The Morgan fingerprint density at radius 2 is 1.76 bits per heavy atom. The Bertz CT molecular complexity index is 1730. The molecule has 0 atom stereocenters. The topological polar surface area (TPSA) is 85.6 Å². The largest absolute Gasteiger partial charge is 0.457 e. The third kappa shape index (κ3) is 4.70. The van der Waals surface area contributed by atoms with Crippen molar-refractivity contribution in [3.05, 3.63) is 119 Å². The van der Waals surface area contributed by atoms with Crippen LogP contribution in [0.4, 0.5) is 5.82 Å². The van der Waals surface area contributed by atoms with Gasteiger partial charge in [-0.25, -0.2) is 14.8 Å². The zero-order valence-electron chi connectivity index (χ0n) is 19.5. The number of fused-ring (bicyclic) bond motifs is 2. The van der Waals surface area contributed by atoms with Gasteiger partial charge in [0.05, 0.1) is 16.8 Å². The Hall–Kier alpha value is -4.82. The average Bonchev–Trinajstić information content (AvgIpc) is 3.55. The normalized spacial score (nSPS) is 11.0. The first kappa shape index (κ1) is 22.6. The van der Waals surface area contributed by atoms with Crippen LogP contribution in [0.2, 0.25) is 0 Å². The summed E-state index contributed by atoms with van der Waals surface area (Å²) in [6.07, 6.45) is 3.85. The molecule has 6 aromatic rings. The van der Waals surface area contributed by atoms with Gasteiger partial charge in [0, 0.05) is 34.3 Å². The number of carbonyl (C=O) groups excluding carboxylic acids is 2. The zero-order valence-corrected chi connectivity index (χ0v) is 20.3. The summed E-state index contributed by atoms with van der Waals surface area (Å²) in [5.41, 5.74) is 4.00. The zero-order chi connectivity index (χ0) is 25.2. The van der Waals surface area contributed by atoms with E-state index in [2.05, 4.69) is 15.3 Å². The lowest BCUT2D eigenvalue weighted by molar-refractivity contribution is 0.0473. The number of thiazole rings is 1. The molecule has 0 aliphatic carbocycles. The fraction of sp³-hybridized carbons (Fsp3) is 0.0345. The minimum atomic E-state index is -0.404. The number of hydrogen-bond acceptors (Lipinski definition) is 6. The van der Waals surface area contributed by atoms with Crippen molar-refractivity contribution < 1.29 is 14.3 Å². The van der Waals surface area contributed by atoms with Gasteiger partial charge in [0.15, 0.2) is 4.96 Å². The van der Waals surface area contributed by atoms with Gasteiger partial charge < -0.3 is 10.1 Å². The number of imidazole rings is 1. The number of aromatic nitrogens is 3. The lowest BCUT2D eigenvalue weighted by Crippen LogP contribution is -2.14. The number of ether oxygens (including phenoxy) is 1. The van der Waals surface area contributed by atoms with Crippen LogP contribution in [0.3, 0.4) is 0 Å². The van der Waals surface area contributed by atoms with Crippen molar-refractivity contribution in [3.8, 4) is 11.3 Å². The van der Waals surface area contributed by atoms with E-state index in [1.54, 1.807) is 30.3 Å². The summed E-state index contributed by atoms with van der Waals surface area (Å²) in [6.45, 7) is 0.208. The molecule has 3 heterocycles. The second kappa shape index (κ2) is 9.67. The summed E-state index contributed by atoms with van der Waals surface area (Å²) < 4.78 is 7.36.